The Hall–Kier alpha value is -0.00623. The van der Waals surface area contributed by atoms with Gasteiger partial charge in [-0.25, -0.2) is 0 Å². The summed E-state index contributed by atoms with van der Waals surface area (Å²) in [6.07, 6.45) is 3.04. The summed E-state index contributed by atoms with van der Waals surface area (Å²) >= 11 is 0. The Bertz CT molecular complexity index is 443. The molecule has 0 amide bonds. The molecule has 0 aromatic heterocycles. The maximum absolute atomic E-state index is 6.81. The molecule has 2 N–H and O–H groups in total. The average molecular weight is 546 g/mol. The van der Waals surface area contributed by atoms with E-state index in [9.17, 15) is 0 Å². The van der Waals surface area contributed by atoms with Crippen LogP contribution in [-0.2, 0) is 45.5 Å². The number of hydrogen-bond donors (Lipinski definition) is 1. The Morgan fingerprint density at radius 1 is 0.543 bits per heavy atom. The fourth-order valence-corrected chi connectivity index (χ4v) is 7.12. The molecular formula is C22H51NO10Si2. The number of ether oxygens (including phenoxy) is 4. The highest BCUT2D eigenvalue weighted by atomic mass is 28.4. The van der Waals surface area contributed by atoms with Crippen LogP contribution in [0.15, 0.2) is 0 Å². The van der Waals surface area contributed by atoms with Crippen LogP contribution in [0.1, 0.15) is 32.6 Å². The molecule has 0 saturated heterocycles. The monoisotopic (exact) mass is 545 g/mol. The van der Waals surface area contributed by atoms with Crippen molar-refractivity contribution < 1.29 is 45.5 Å². The third kappa shape index (κ3) is 15.1. The lowest BCUT2D eigenvalue weighted by atomic mass is 9.91. The van der Waals surface area contributed by atoms with Crippen LogP contribution in [0, 0.1) is 0 Å². The highest BCUT2D eigenvalue weighted by Crippen LogP contribution is 2.26. The van der Waals surface area contributed by atoms with Gasteiger partial charge in [0.1, 0.15) is 0 Å². The van der Waals surface area contributed by atoms with E-state index >= 15 is 0 Å². The van der Waals surface area contributed by atoms with E-state index in [1.54, 1.807) is 42.7 Å². The summed E-state index contributed by atoms with van der Waals surface area (Å²) in [5, 5.41) is 0. The zero-order valence-corrected chi connectivity index (χ0v) is 25.1. The summed E-state index contributed by atoms with van der Waals surface area (Å²) in [5.41, 5.74) is 6.28. The third-order valence-electron chi connectivity index (χ3n) is 5.89. The molecule has 0 atom stereocenters. The first-order chi connectivity index (χ1) is 16.8. The molecule has 0 aromatic rings. The second kappa shape index (κ2) is 21.0. The standard InChI is InChI=1S/C22H51NO10Si2/c1-8-30-13-14-31-15-16-32-17-18-33-21-22(23,11-9-19-34(24-2,25-3)26-4)12-10-20-35(27-5,28-6)29-7/h8-21,23H2,1-7H3. The smallest absolute Gasteiger partial charge is 0.379 e. The highest BCUT2D eigenvalue weighted by molar-refractivity contribution is 6.60. The van der Waals surface area contributed by atoms with Crippen molar-refractivity contribution in [1.82, 2.24) is 0 Å². The van der Waals surface area contributed by atoms with Crippen molar-refractivity contribution in [2.75, 3.05) is 95.5 Å². The highest BCUT2D eigenvalue weighted by Gasteiger charge is 2.40. The van der Waals surface area contributed by atoms with Gasteiger partial charge in [-0.15, -0.1) is 0 Å². The van der Waals surface area contributed by atoms with E-state index in [0.717, 1.165) is 25.7 Å². The summed E-state index contributed by atoms with van der Waals surface area (Å²) < 4.78 is 55.4. The van der Waals surface area contributed by atoms with Crippen LogP contribution in [0.2, 0.25) is 12.1 Å². The summed E-state index contributed by atoms with van der Waals surface area (Å²) in [5.74, 6) is 0. The Labute approximate surface area is 214 Å². The maximum atomic E-state index is 6.81. The molecule has 13 heteroatoms. The van der Waals surface area contributed by atoms with Gasteiger partial charge in [0.25, 0.3) is 0 Å². The zero-order valence-electron chi connectivity index (χ0n) is 23.1. The first kappa shape index (κ1) is 35.0. The first-order valence-electron chi connectivity index (χ1n) is 12.2. The van der Waals surface area contributed by atoms with Crippen molar-refractivity contribution >= 4 is 17.6 Å². The van der Waals surface area contributed by atoms with Gasteiger partial charge in [0.15, 0.2) is 0 Å². The van der Waals surface area contributed by atoms with E-state index < -0.39 is 23.1 Å². The molecule has 0 bridgehead atoms. The van der Waals surface area contributed by atoms with Crippen LogP contribution in [0.4, 0.5) is 0 Å². The first-order valence-corrected chi connectivity index (χ1v) is 16.1. The molecule has 0 unspecified atom stereocenters. The van der Waals surface area contributed by atoms with Gasteiger partial charge in [-0.1, -0.05) is 0 Å². The lowest BCUT2D eigenvalue weighted by Gasteiger charge is -2.32. The van der Waals surface area contributed by atoms with Crippen molar-refractivity contribution in [2.45, 2.75) is 50.2 Å². The Kier molecular flexibility index (Phi) is 21.0. The Balaban J connectivity index is 4.60. The minimum Gasteiger partial charge on any atom is -0.379 e. The minimum absolute atomic E-state index is 0.407. The van der Waals surface area contributed by atoms with Crippen LogP contribution in [0.3, 0.4) is 0 Å². The lowest BCUT2D eigenvalue weighted by molar-refractivity contribution is -0.00843. The third-order valence-corrected chi connectivity index (χ3v) is 11.6. The quantitative estimate of drug-likeness (QED) is 0.127. The Morgan fingerprint density at radius 2 is 0.886 bits per heavy atom. The fraction of sp³-hybridized carbons (Fsp3) is 1.00. The van der Waals surface area contributed by atoms with Gasteiger partial charge in [0, 0.05) is 66.9 Å². The van der Waals surface area contributed by atoms with Gasteiger partial charge in [-0.3, -0.25) is 0 Å². The number of hydrogen-bond acceptors (Lipinski definition) is 11. The van der Waals surface area contributed by atoms with E-state index in [-0.39, 0.29) is 0 Å². The molecule has 0 spiro atoms. The maximum Gasteiger partial charge on any atom is 0.500 e. The summed E-state index contributed by atoms with van der Waals surface area (Å²) in [7, 11) is 4.40. The van der Waals surface area contributed by atoms with Crippen LogP contribution in [0.5, 0.6) is 0 Å². The van der Waals surface area contributed by atoms with Crippen LogP contribution < -0.4 is 5.73 Å². The molecule has 0 rings (SSSR count). The van der Waals surface area contributed by atoms with E-state index in [1.807, 2.05) is 6.92 Å². The average Bonchev–Trinajstić information content (AvgIpc) is 2.88. The van der Waals surface area contributed by atoms with Crippen LogP contribution >= 0.6 is 0 Å². The van der Waals surface area contributed by atoms with E-state index in [4.69, 9.17) is 51.2 Å². The molecule has 0 aliphatic heterocycles. The molecule has 0 aliphatic carbocycles. The zero-order chi connectivity index (χ0) is 26.5. The summed E-state index contributed by atoms with van der Waals surface area (Å²) in [6.45, 7) is 6.21. The molecule has 0 aliphatic rings. The normalized spacial score (nSPS) is 13.0. The molecule has 212 valence electrons. The molecule has 0 saturated carbocycles. The topological polar surface area (TPSA) is 118 Å². The van der Waals surface area contributed by atoms with Crippen molar-refractivity contribution in [3.63, 3.8) is 0 Å². The molecule has 0 fully saturated rings. The van der Waals surface area contributed by atoms with E-state index in [1.165, 1.54) is 0 Å². The largest absolute Gasteiger partial charge is 0.500 e. The Morgan fingerprint density at radius 3 is 1.23 bits per heavy atom. The number of nitrogens with two attached hydrogens (primary N) is 1. The van der Waals surface area contributed by atoms with Crippen LogP contribution in [0.25, 0.3) is 0 Å². The van der Waals surface area contributed by atoms with Crippen molar-refractivity contribution in [1.29, 1.82) is 0 Å². The predicted octanol–water partition coefficient (Wildman–Crippen LogP) is 2.09. The van der Waals surface area contributed by atoms with Gasteiger partial charge in [-0.2, -0.15) is 0 Å². The van der Waals surface area contributed by atoms with E-state index in [2.05, 4.69) is 0 Å². The van der Waals surface area contributed by atoms with Crippen molar-refractivity contribution in [2.24, 2.45) is 5.73 Å². The van der Waals surface area contributed by atoms with Gasteiger partial charge in [0.2, 0.25) is 0 Å². The molecular weight excluding hydrogens is 494 g/mol. The second-order valence-corrected chi connectivity index (χ2v) is 14.3. The molecule has 11 nitrogen and oxygen atoms in total. The second-order valence-electron chi connectivity index (χ2n) is 8.13. The van der Waals surface area contributed by atoms with Crippen LogP contribution in [-0.4, -0.2) is 119 Å². The summed E-state index contributed by atoms with van der Waals surface area (Å²) in [6, 6.07) is 1.35. The summed E-state index contributed by atoms with van der Waals surface area (Å²) in [4.78, 5) is 0. The predicted molar refractivity (Wildman–Crippen MR) is 138 cm³/mol. The van der Waals surface area contributed by atoms with Gasteiger partial charge >= 0.3 is 17.6 Å². The van der Waals surface area contributed by atoms with Crippen molar-refractivity contribution in [3.05, 3.63) is 0 Å². The SMILES string of the molecule is CCOCCOCCOCCOCC(N)(CCC[Si](OC)(OC)OC)CCC[Si](OC)(OC)OC. The minimum atomic E-state index is -2.65. The lowest BCUT2D eigenvalue weighted by Crippen LogP contribution is -2.48. The van der Waals surface area contributed by atoms with Gasteiger partial charge in [-0.05, 0) is 32.6 Å². The molecule has 0 radical (unpaired) electrons. The van der Waals surface area contributed by atoms with Gasteiger partial charge < -0.3 is 51.2 Å². The van der Waals surface area contributed by atoms with E-state index in [0.29, 0.717) is 64.9 Å². The van der Waals surface area contributed by atoms with Crippen molar-refractivity contribution in [3.8, 4) is 0 Å². The van der Waals surface area contributed by atoms with Gasteiger partial charge in [0.05, 0.1) is 46.2 Å². The number of rotatable bonds is 26. The fourth-order valence-electron chi connectivity index (χ4n) is 3.67. The molecule has 0 heterocycles. The molecule has 0 aromatic carbocycles. The molecule has 35 heavy (non-hydrogen) atoms.